The zero-order valence-electron chi connectivity index (χ0n) is 13.5. The maximum Gasteiger partial charge on any atom is 0.313 e. The normalized spacial score (nSPS) is 33.8. The van der Waals surface area contributed by atoms with Crippen molar-refractivity contribution in [2.24, 2.45) is 5.92 Å². The van der Waals surface area contributed by atoms with Crippen molar-refractivity contribution in [2.75, 3.05) is 6.54 Å². The highest BCUT2D eigenvalue weighted by Crippen LogP contribution is 2.27. The summed E-state index contributed by atoms with van der Waals surface area (Å²) in [6, 6.07) is 0.593. The summed E-state index contributed by atoms with van der Waals surface area (Å²) in [5.41, 5.74) is 0. The summed E-state index contributed by atoms with van der Waals surface area (Å²) in [4.78, 5) is 11.6. The molecular weight excluding hydrogens is 262 g/mol. The summed E-state index contributed by atoms with van der Waals surface area (Å²) >= 11 is 0. The third-order valence-electron chi connectivity index (χ3n) is 4.74. The van der Waals surface area contributed by atoms with E-state index in [4.69, 9.17) is 4.74 Å². The van der Waals surface area contributed by atoms with E-state index in [9.17, 15) is 4.79 Å². The van der Waals surface area contributed by atoms with E-state index >= 15 is 0 Å². The Morgan fingerprint density at radius 1 is 1.14 bits per heavy atom. The minimum atomic E-state index is 0.0159. The summed E-state index contributed by atoms with van der Waals surface area (Å²) < 4.78 is 5.33. The van der Waals surface area contributed by atoms with Crippen LogP contribution in [0, 0.1) is 5.92 Å². The number of allylic oxidation sites excluding steroid dienone is 2. The number of hydrogen-bond acceptors (Lipinski definition) is 3. The molecule has 1 N–H and O–H groups in total. The topological polar surface area (TPSA) is 38.3 Å². The number of carbonyl (C=O) groups excluding carboxylic acids is 1. The number of nitrogens with one attached hydrogen (secondary N) is 1. The van der Waals surface area contributed by atoms with E-state index in [1.807, 2.05) is 0 Å². The molecule has 2 heterocycles. The number of esters is 1. The van der Waals surface area contributed by atoms with Crippen LogP contribution in [0.1, 0.15) is 71.1 Å². The number of fused-ring (bicyclic) bond motifs is 1. The van der Waals surface area contributed by atoms with Crippen molar-refractivity contribution in [1.29, 1.82) is 0 Å². The second kappa shape index (κ2) is 9.24. The van der Waals surface area contributed by atoms with E-state index in [2.05, 4.69) is 24.4 Å². The molecule has 0 aromatic carbocycles. The van der Waals surface area contributed by atoms with Gasteiger partial charge in [0.25, 0.3) is 0 Å². The summed E-state index contributed by atoms with van der Waals surface area (Å²) in [6.07, 6.45) is 16.7. The number of ether oxygens (including phenoxy) is 1. The predicted molar refractivity (Wildman–Crippen MR) is 86.1 cm³/mol. The van der Waals surface area contributed by atoms with E-state index in [1.54, 1.807) is 0 Å². The second-order valence-electron chi connectivity index (χ2n) is 6.52. The quantitative estimate of drug-likeness (QED) is 0.618. The van der Waals surface area contributed by atoms with Crippen LogP contribution in [0.2, 0.25) is 0 Å². The van der Waals surface area contributed by atoms with Gasteiger partial charge in [0, 0.05) is 12.6 Å². The molecule has 2 rings (SSSR count). The van der Waals surface area contributed by atoms with E-state index in [1.165, 1.54) is 44.9 Å². The highest BCUT2D eigenvalue weighted by molar-refractivity contribution is 5.78. The molecule has 0 aromatic heterocycles. The molecule has 0 aliphatic carbocycles. The fourth-order valence-corrected chi connectivity index (χ4v) is 3.39. The monoisotopic (exact) mass is 293 g/mol. The molecule has 0 amide bonds. The fraction of sp³-hybridized carbons (Fsp3) is 0.833. The molecule has 3 atom stereocenters. The van der Waals surface area contributed by atoms with Gasteiger partial charge < -0.3 is 10.1 Å². The summed E-state index contributed by atoms with van der Waals surface area (Å²) in [5, 5.41) is 3.65. The molecule has 0 radical (unpaired) electrons. The van der Waals surface area contributed by atoms with Crippen LogP contribution >= 0.6 is 0 Å². The molecule has 1 fully saturated rings. The van der Waals surface area contributed by atoms with Crippen LogP contribution in [0.3, 0.4) is 0 Å². The minimum Gasteiger partial charge on any atom is -0.460 e. The van der Waals surface area contributed by atoms with Crippen molar-refractivity contribution in [2.45, 2.75) is 83.3 Å². The number of rotatable bonds is 2. The Labute approximate surface area is 129 Å². The molecule has 120 valence electrons. The Bertz CT molecular complexity index is 340. The molecule has 0 saturated carbocycles. The van der Waals surface area contributed by atoms with Crippen molar-refractivity contribution in [3.8, 4) is 0 Å². The molecule has 0 bridgehead atoms. The van der Waals surface area contributed by atoms with Crippen molar-refractivity contribution in [3.05, 3.63) is 12.2 Å². The molecule has 1 saturated heterocycles. The van der Waals surface area contributed by atoms with E-state index in [-0.39, 0.29) is 18.0 Å². The Morgan fingerprint density at radius 3 is 2.71 bits per heavy atom. The Kier molecular flexibility index (Phi) is 7.28. The highest BCUT2D eigenvalue weighted by Gasteiger charge is 2.41. The van der Waals surface area contributed by atoms with E-state index in [0.29, 0.717) is 6.04 Å². The average Bonchev–Trinajstić information content (AvgIpc) is 2.48. The SMILES string of the molecule is CCCC1CCCCC/C=C\CCCC2C(=O)OC2CN1. The first-order valence-corrected chi connectivity index (χ1v) is 8.90. The first-order chi connectivity index (χ1) is 10.3. The van der Waals surface area contributed by atoms with Gasteiger partial charge in [0.2, 0.25) is 0 Å². The lowest BCUT2D eigenvalue weighted by Gasteiger charge is -2.36. The maximum atomic E-state index is 11.6. The van der Waals surface area contributed by atoms with Gasteiger partial charge in [-0.1, -0.05) is 38.3 Å². The molecule has 2 aliphatic heterocycles. The predicted octanol–water partition coefficient (Wildman–Crippen LogP) is 3.98. The highest BCUT2D eigenvalue weighted by atomic mass is 16.6. The zero-order chi connectivity index (χ0) is 14.9. The molecule has 3 unspecified atom stereocenters. The van der Waals surface area contributed by atoms with Gasteiger partial charge in [-0.05, 0) is 44.9 Å². The van der Waals surface area contributed by atoms with Crippen molar-refractivity contribution in [3.63, 3.8) is 0 Å². The first kappa shape index (κ1) is 16.5. The lowest BCUT2D eigenvalue weighted by atomic mass is 9.90. The van der Waals surface area contributed by atoms with Gasteiger partial charge in [0.05, 0.1) is 5.92 Å². The molecule has 2 aliphatic rings. The standard InChI is InChI=1S/C18H31NO2/c1-2-11-15-12-9-7-5-3-4-6-8-10-13-16-17(14-19-15)21-18(16)20/h4,6,15-17,19H,2-3,5,7-14H2,1H3/b6-4-. The van der Waals surface area contributed by atoms with Crippen LogP contribution < -0.4 is 5.32 Å². The van der Waals surface area contributed by atoms with Crippen molar-refractivity contribution in [1.82, 2.24) is 5.32 Å². The molecule has 0 spiro atoms. The summed E-state index contributed by atoms with van der Waals surface area (Å²) in [6.45, 7) is 3.09. The average molecular weight is 293 g/mol. The second-order valence-corrected chi connectivity index (χ2v) is 6.52. The maximum absolute atomic E-state index is 11.6. The lowest BCUT2D eigenvalue weighted by Crippen LogP contribution is -2.51. The van der Waals surface area contributed by atoms with Crippen LogP contribution in [0.5, 0.6) is 0 Å². The van der Waals surface area contributed by atoms with Gasteiger partial charge in [0.15, 0.2) is 0 Å². The van der Waals surface area contributed by atoms with Crippen molar-refractivity contribution < 1.29 is 9.53 Å². The molecular formula is C18H31NO2. The van der Waals surface area contributed by atoms with Crippen LogP contribution in [-0.2, 0) is 9.53 Å². The first-order valence-electron chi connectivity index (χ1n) is 8.90. The van der Waals surface area contributed by atoms with Crippen LogP contribution in [0.4, 0.5) is 0 Å². The summed E-state index contributed by atoms with van der Waals surface area (Å²) in [7, 11) is 0. The molecule has 0 aromatic rings. The minimum absolute atomic E-state index is 0.0159. The van der Waals surface area contributed by atoms with Crippen LogP contribution in [-0.4, -0.2) is 24.7 Å². The van der Waals surface area contributed by atoms with E-state index in [0.717, 1.165) is 25.8 Å². The fourth-order valence-electron chi connectivity index (χ4n) is 3.39. The number of carbonyl (C=O) groups is 1. The van der Waals surface area contributed by atoms with Gasteiger partial charge in [-0.15, -0.1) is 0 Å². The van der Waals surface area contributed by atoms with Gasteiger partial charge >= 0.3 is 5.97 Å². The molecule has 3 nitrogen and oxygen atoms in total. The number of hydrogen-bond donors (Lipinski definition) is 1. The van der Waals surface area contributed by atoms with Gasteiger partial charge in [-0.3, -0.25) is 4.79 Å². The smallest absolute Gasteiger partial charge is 0.313 e. The Balaban J connectivity index is 1.85. The summed E-state index contributed by atoms with van der Waals surface area (Å²) in [5.74, 6) is 0.153. The van der Waals surface area contributed by atoms with Crippen LogP contribution in [0.15, 0.2) is 12.2 Å². The van der Waals surface area contributed by atoms with Crippen molar-refractivity contribution >= 4 is 5.97 Å². The van der Waals surface area contributed by atoms with Crippen LogP contribution in [0.25, 0.3) is 0 Å². The molecule has 21 heavy (non-hydrogen) atoms. The Hall–Kier alpha value is -0.830. The third-order valence-corrected chi connectivity index (χ3v) is 4.74. The molecule has 3 heteroatoms. The lowest BCUT2D eigenvalue weighted by molar-refractivity contribution is -0.184. The largest absolute Gasteiger partial charge is 0.460 e. The van der Waals surface area contributed by atoms with Gasteiger partial charge in [-0.2, -0.15) is 0 Å². The third kappa shape index (κ3) is 5.46. The zero-order valence-corrected chi connectivity index (χ0v) is 13.5. The Morgan fingerprint density at radius 2 is 1.95 bits per heavy atom. The van der Waals surface area contributed by atoms with Gasteiger partial charge in [0.1, 0.15) is 6.10 Å². The van der Waals surface area contributed by atoms with E-state index < -0.39 is 0 Å². The van der Waals surface area contributed by atoms with Gasteiger partial charge in [-0.25, -0.2) is 0 Å².